The molecule has 0 atom stereocenters. The molecule has 0 aromatic carbocycles. The Morgan fingerprint density at radius 2 is 2.38 bits per heavy atom. The third-order valence-corrected chi connectivity index (χ3v) is 1.32. The lowest BCUT2D eigenvalue weighted by molar-refractivity contribution is 0.488. The summed E-state index contributed by atoms with van der Waals surface area (Å²) in [6.07, 6.45) is 0. The zero-order valence-electron chi connectivity index (χ0n) is 4.08. The van der Waals surface area contributed by atoms with Crippen molar-refractivity contribution in [2.75, 3.05) is 0 Å². The van der Waals surface area contributed by atoms with Crippen molar-refractivity contribution in [2.24, 2.45) is 5.10 Å². The van der Waals surface area contributed by atoms with Crippen molar-refractivity contribution in [3.05, 3.63) is 0 Å². The van der Waals surface area contributed by atoms with E-state index in [1.54, 1.807) is 4.83 Å². The van der Waals surface area contributed by atoms with Gasteiger partial charge in [0.25, 0.3) is 0 Å². The summed E-state index contributed by atoms with van der Waals surface area (Å²) in [4.78, 5) is 1.78. The molecule has 0 unspecified atom stereocenters. The fraction of sp³-hybridized carbons (Fsp3) is 0.500. The van der Waals surface area contributed by atoms with E-state index < -0.39 is 10.3 Å². The van der Waals surface area contributed by atoms with Gasteiger partial charge >= 0.3 is 10.3 Å². The lowest BCUT2D eigenvalue weighted by atomic mass is 10.8. The fourth-order valence-electron chi connectivity index (χ4n) is 0.316. The second-order valence-electron chi connectivity index (χ2n) is 1.26. The van der Waals surface area contributed by atoms with Crippen LogP contribution < -0.4 is 4.83 Å². The molecular weight excluding hydrogens is 132 g/mol. The van der Waals surface area contributed by atoms with Crippen molar-refractivity contribution < 1.29 is 12.6 Å². The molecule has 0 spiro atoms. The summed E-state index contributed by atoms with van der Waals surface area (Å²) in [7, 11) is -3.55. The van der Waals surface area contributed by atoms with Gasteiger partial charge in [-0.05, 0) is 0 Å². The van der Waals surface area contributed by atoms with Gasteiger partial charge in [-0.1, -0.05) is 0 Å². The number of hydrogen-bond acceptors (Lipinski definition) is 4. The van der Waals surface area contributed by atoms with Crippen molar-refractivity contribution in [1.29, 1.82) is 0 Å². The predicted molar refractivity (Wildman–Crippen MR) is 26.2 cm³/mol. The first-order valence-corrected chi connectivity index (χ1v) is 3.26. The van der Waals surface area contributed by atoms with Gasteiger partial charge in [-0.3, -0.25) is 0 Å². The highest BCUT2D eigenvalue weighted by Crippen LogP contribution is 1.96. The van der Waals surface area contributed by atoms with E-state index in [-0.39, 0.29) is 5.90 Å². The van der Waals surface area contributed by atoms with E-state index in [0.717, 1.165) is 0 Å². The minimum Gasteiger partial charge on any atom is -0.349 e. The predicted octanol–water partition coefficient (Wildman–Crippen LogP) is -0.816. The van der Waals surface area contributed by atoms with Gasteiger partial charge in [0.1, 0.15) is 0 Å². The van der Waals surface area contributed by atoms with Crippen LogP contribution in [0.15, 0.2) is 5.10 Å². The van der Waals surface area contributed by atoms with Crippen molar-refractivity contribution in [1.82, 2.24) is 4.83 Å². The minimum atomic E-state index is -3.55. The molecule has 0 aliphatic carbocycles. The quantitative estimate of drug-likeness (QED) is 0.473. The van der Waals surface area contributed by atoms with E-state index in [1.165, 1.54) is 6.92 Å². The van der Waals surface area contributed by atoms with Gasteiger partial charge in [0, 0.05) is 6.92 Å². The summed E-state index contributed by atoms with van der Waals surface area (Å²) in [6.45, 7) is 1.44. The van der Waals surface area contributed by atoms with Gasteiger partial charge in [-0.15, -0.1) is 5.10 Å². The van der Waals surface area contributed by atoms with Crippen LogP contribution >= 0.6 is 0 Å². The lowest BCUT2D eigenvalue weighted by Gasteiger charge is -1.88. The summed E-state index contributed by atoms with van der Waals surface area (Å²) in [6, 6.07) is 0. The summed E-state index contributed by atoms with van der Waals surface area (Å²) < 4.78 is 24.5. The molecule has 6 heteroatoms. The molecule has 1 aliphatic heterocycles. The number of nitrogens with one attached hydrogen (secondary N) is 1. The summed E-state index contributed by atoms with van der Waals surface area (Å²) >= 11 is 0. The molecule has 46 valence electrons. The highest BCUT2D eigenvalue weighted by molar-refractivity contribution is 7.85. The van der Waals surface area contributed by atoms with Gasteiger partial charge in [-0.2, -0.15) is 13.2 Å². The van der Waals surface area contributed by atoms with Crippen molar-refractivity contribution in [3.8, 4) is 0 Å². The van der Waals surface area contributed by atoms with Crippen LogP contribution in [0.4, 0.5) is 0 Å². The molecule has 0 radical (unpaired) electrons. The lowest BCUT2D eigenvalue weighted by Crippen LogP contribution is -2.12. The van der Waals surface area contributed by atoms with Gasteiger partial charge in [0.15, 0.2) is 0 Å². The first-order valence-electron chi connectivity index (χ1n) is 1.86. The largest absolute Gasteiger partial charge is 0.423 e. The Balaban J connectivity index is 2.85. The SMILES string of the molecule is CC1=NNS(=O)(=O)O1. The Hall–Kier alpha value is -0.780. The molecule has 0 fully saturated rings. The molecule has 0 saturated carbocycles. The number of rotatable bonds is 0. The van der Waals surface area contributed by atoms with Crippen molar-refractivity contribution in [2.45, 2.75) is 6.92 Å². The van der Waals surface area contributed by atoms with Crippen LogP contribution in [0.5, 0.6) is 0 Å². The van der Waals surface area contributed by atoms with Gasteiger partial charge in [0.2, 0.25) is 5.90 Å². The normalized spacial score (nSPS) is 23.4. The zero-order chi connectivity index (χ0) is 6.20. The molecule has 1 rings (SSSR count). The fourth-order valence-corrected chi connectivity index (χ4v) is 0.949. The van der Waals surface area contributed by atoms with E-state index in [4.69, 9.17) is 0 Å². The van der Waals surface area contributed by atoms with Crippen LogP contribution in [0.3, 0.4) is 0 Å². The molecule has 5 nitrogen and oxygen atoms in total. The maximum absolute atomic E-state index is 10.2. The van der Waals surface area contributed by atoms with Gasteiger partial charge in [-0.25, -0.2) is 0 Å². The summed E-state index contributed by atoms with van der Waals surface area (Å²) in [5, 5.41) is 3.25. The Bertz CT molecular complexity index is 215. The molecular formula is C2H4N2O3S. The zero-order valence-corrected chi connectivity index (χ0v) is 4.90. The first kappa shape index (κ1) is 5.36. The molecule has 0 bridgehead atoms. The smallest absolute Gasteiger partial charge is 0.349 e. The molecule has 0 aromatic heterocycles. The van der Waals surface area contributed by atoms with Crippen LogP contribution in [0.2, 0.25) is 0 Å². The Labute approximate surface area is 46.6 Å². The molecule has 0 amide bonds. The van der Waals surface area contributed by atoms with E-state index in [2.05, 4.69) is 9.28 Å². The Morgan fingerprint density at radius 1 is 1.75 bits per heavy atom. The maximum Gasteiger partial charge on any atom is 0.423 e. The number of hydrazone groups is 1. The van der Waals surface area contributed by atoms with Gasteiger partial charge < -0.3 is 4.18 Å². The first-order chi connectivity index (χ1) is 3.60. The van der Waals surface area contributed by atoms with Crippen molar-refractivity contribution in [3.63, 3.8) is 0 Å². The molecule has 0 aromatic rings. The van der Waals surface area contributed by atoms with Crippen LogP contribution in [0, 0.1) is 0 Å². The molecule has 1 heterocycles. The van der Waals surface area contributed by atoms with E-state index in [9.17, 15) is 8.42 Å². The van der Waals surface area contributed by atoms with Crippen LogP contribution in [-0.2, 0) is 14.5 Å². The van der Waals surface area contributed by atoms with Crippen LogP contribution in [0.25, 0.3) is 0 Å². The monoisotopic (exact) mass is 136 g/mol. The third kappa shape index (κ3) is 0.890. The van der Waals surface area contributed by atoms with E-state index in [0.29, 0.717) is 0 Å². The number of nitrogens with zero attached hydrogens (tertiary/aromatic N) is 1. The molecule has 1 aliphatic rings. The molecule has 0 saturated heterocycles. The van der Waals surface area contributed by atoms with Crippen molar-refractivity contribution >= 4 is 16.2 Å². The minimum absolute atomic E-state index is 0.116. The third-order valence-electron chi connectivity index (χ3n) is 0.545. The maximum atomic E-state index is 10.2. The highest BCUT2D eigenvalue weighted by Gasteiger charge is 2.17. The van der Waals surface area contributed by atoms with Gasteiger partial charge in [0.05, 0.1) is 0 Å². The summed E-state index contributed by atoms with van der Waals surface area (Å²) in [5.74, 6) is 0.116. The topological polar surface area (TPSA) is 67.8 Å². The standard InChI is InChI=1S/C2H4N2O3S/c1-2-3-4-8(5,6)7-2/h4H,1H3. The highest BCUT2D eigenvalue weighted by atomic mass is 32.2. The second-order valence-corrected chi connectivity index (χ2v) is 2.52. The van der Waals surface area contributed by atoms with Crippen LogP contribution in [-0.4, -0.2) is 14.3 Å². The Kier molecular flexibility index (Phi) is 0.902. The Morgan fingerprint density at radius 3 is 2.50 bits per heavy atom. The average molecular weight is 136 g/mol. The number of hydrogen-bond donors (Lipinski definition) is 1. The molecule has 8 heavy (non-hydrogen) atoms. The second kappa shape index (κ2) is 1.35. The molecule has 1 N–H and O–H groups in total. The van der Waals surface area contributed by atoms with Crippen LogP contribution in [0.1, 0.15) is 6.92 Å². The average Bonchev–Trinajstić information content (AvgIpc) is 1.82. The van der Waals surface area contributed by atoms with E-state index in [1.807, 2.05) is 0 Å². The van der Waals surface area contributed by atoms with E-state index >= 15 is 0 Å². The summed E-state index contributed by atoms with van der Waals surface area (Å²) in [5.41, 5.74) is 0.